The largest absolute Gasteiger partial charge is 0.463 e. The van der Waals surface area contributed by atoms with Gasteiger partial charge in [-0.05, 0) is 44.9 Å². The number of hydrogen-bond donors (Lipinski definition) is 0. The molecule has 1 aromatic rings. The standard InChI is InChI=1S/C15H21NO2/c1-11(2)18-15(17)13-7-8-16(10-13)14-6-4-5-12(3)9-14/h4-6,9,11,13H,7-8,10H2,1-3H3. The molecule has 1 aromatic carbocycles. The van der Waals surface area contributed by atoms with Gasteiger partial charge in [0.2, 0.25) is 0 Å². The number of benzene rings is 1. The molecule has 0 amide bonds. The second kappa shape index (κ2) is 5.42. The number of carbonyl (C=O) groups excluding carboxylic acids is 1. The summed E-state index contributed by atoms with van der Waals surface area (Å²) < 4.78 is 5.28. The first kappa shape index (κ1) is 12.9. The fourth-order valence-corrected chi connectivity index (χ4v) is 2.34. The number of hydrogen-bond acceptors (Lipinski definition) is 3. The van der Waals surface area contributed by atoms with E-state index >= 15 is 0 Å². The molecule has 1 aliphatic heterocycles. The summed E-state index contributed by atoms with van der Waals surface area (Å²) in [4.78, 5) is 14.1. The zero-order valence-corrected chi connectivity index (χ0v) is 11.3. The summed E-state index contributed by atoms with van der Waals surface area (Å²) in [6, 6.07) is 8.41. The molecular weight excluding hydrogens is 226 g/mol. The summed E-state index contributed by atoms with van der Waals surface area (Å²) in [5.41, 5.74) is 2.45. The van der Waals surface area contributed by atoms with Crippen LogP contribution in [0.2, 0.25) is 0 Å². The molecule has 1 saturated heterocycles. The molecule has 3 heteroatoms. The van der Waals surface area contributed by atoms with Gasteiger partial charge in [0.1, 0.15) is 0 Å². The Morgan fingerprint density at radius 3 is 2.89 bits per heavy atom. The molecule has 0 bridgehead atoms. The maximum Gasteiger partial charge on any atom is 0.311 e. The van der Waals surface area contributed by atoms with Crippen LogP contribution in [0.5, 0.6) is 0 Å². The van der Waals surface area contributed by atoms with Gasteiger partial charge >= 0.3 is 5.97 Å². The Balaban J connectivity index is 1.98. The van der Waals surface area contributed by atoms with Crippen LogP contribution >= 0.6 is 0 Å². The van der Waals surface area contributed by atoms with Crippen molar-refractivity contribution in [3.05, 3.63) is 29.8 Å². The quantitative estimate of drug-likeness (QED) is 0.769. The molecule has 3 nitrogen and oxygen atoms in total. The minimum absolute atomic E-state index is 0.0212. The lowest BCUT2D eigenvalue weighted by Gasteiger charge is -2.19. The Bertz CT molecular complexity index is 428. The number of nitrogens with zero attached hydrogens (tertiary/aromatic N) is 1. The average molecular weight is 247 g/mol. The second-order valence-electron chi connectivity index (χ2n) is 5.26. The highest BCUT2D eigenvalue weighted by atomic mass is 16.5. The van der Waals surface area contributed by atoms with Gasteiger partial charge < -0.3 is 9.64 Å². The third-order valence-electron chi connectivity index (χ3n) is 3.24. The van der Waals surface area contributed by atoms with Crippen molar-refractivity contribution in [1.29, 1.82) is 0 Å². The number of anilines is 1. The summed E-state index contributed by atoms with van der Waals surface area (Å²) >= 11 is 0. The molecule has 1 fully saturated rings. The van der Waals surface area contributed by atoms with Crippen molar-refractivity contribution in [2.75, 3.05) is 18.0 Å². The molecule has 1 aliphatic rings. The van der Waals surface area contributed by atoms with Gasteiger partial charge in [-0.15, -0.1) is 0 Å². The normalized spacial score (nSPS) is 19.3. The van der Waals surface area contributed by atoms with E-state index in [0.717, 1.165) is 19.5 Å². The van der Waals surface area contributed by atoms with Crippen LogP contribution in [0.1, 0.15) is 25.8 Å². The zero-order chi connectivity index (χ0) is 13.1. The minimum atomic E-state index is -0.0554. The van der Waals surface area contributed by atoms with Gasteiger partial charge in [0.25, 0.3) is 0 Å². The molecule has 1 heterocycles. The number of rotatable bonds is 3. The molecule has 0 spiro atoms. The van der Waals surface area contributed by atoms with Crippen LogP contribution in [0, 0.1) is 12.8 Å². The highest BCUT2D eigenvalue weighted by Gasteiger charge is 2.30. The number of esters is 1. The molecule has 0 saturated carbocycles. The lowest BCUT2D eigenvalue weighted by Crippen LogP contribution is -2.25. The Labute approximate surface area is 109 Å². The van der Waals surface area contributed by atoms with Crippen molar-refractivity contribution in [2.45, 2.75) is 33.3 Å². The van der Waals surface area contributed by atoms with E-state index in [9.17, 15) is 4.79 Å². The maximum absolute atomic E-state index is 11.9. The van der Waals surface area contributed by atoms with Crippen LogP contribution in [-0.2, 0) is 9.53 Å². The smallest absolute Gasteiger partial charge is 0.311 e. The van der Waals surface area contributed by atoms with Gasteiger partial charge in [-0.25, -0.2) is 0 Å². The third kappa shape index (κ3) is 3.03. The van der Waals surface area contributed by atoms with Crippen LogP contribution in [0.25, 0.3) is 0 Å². The van der Waals surface area contributed by atoms with Crippen molar-refractivity contribution < 1.29 is 9.53 Å². The summed E-state index contributed by atoms with van der Waals surface area (Å²) in [7, 11) is 0. The van der Waals surface area contributed by atoms with Crippen LogP contribution in [0.4, 0.5) is 5.69 Å². The number of ether oxygens (including phenoxy) is 1. The van der Waals surface area contributed by atoms with E-state index in [1.54, 1.807) is 0 Å². The van der Waals surface area contributed by atoms with Crippen molar-refractivity contribution in [3.63, 3.8) is 0 Å². The third-order valence-corrected chi connectivity index (χ3v) is 3.24. The topological polar surface area (TPSA) is 29.5 Å². The molecule has 0 aliphatic carbocycles. The first-order valence-electron chi connectivity index (χ1n) is 6.58. The maximum atomic E-state index is 11.9. The van der Waals surface area contributed by atoms with E-state index in [-0.39, 0.29) is 18.0 Å². The monoisotopic (exact) mass is 247 g/mol. The van der Waals surface area contributed by atoms with E-state index in [1.165, 1.54) is 11.3 Å². The molecular formula is C15H21NO2. The molecule has 98 valence electrons. The summed E-state index contributed by atoms with van der Waals surface area (Å²) in [5.74, 6) is -0.0342. The SMILES string of the molecule is Cc1cccc(N2CCC(C(=O)OC(C)C)C2)c1. The second-order valence-corrected chi connectivity index (χ2v) is 5.26. The van der Waals surface area contributed by atoms with E-state index in [4.69, 9.17) is 4.74 Å². The van der Waals surface area contributed by atoms with Crippen LogP contribution in [0.15, 0.2) is 24.3 Å². The summed E-state index contributed by atoms with van der Waals surface area (Å²) in [5, 5.41) is 0. The van der Waals surface area contributed by atoms with Crippen molar-refractivity contribution in [3.8, 4) is 0 Å². The first-order valence-corrected chi connectivity index (χ1v) is 6.58. The molecule has 2 rings (SSSR count). The first-order chi connectivity index (χ1) is 8.56. The molecule has 1 atom stereocenters. The van der Waals surface area contributed by atoms with Gasteiger partial charge in [0.05, 0.1) is 12.0 Å². The van der Waals surface area contributed by atoms with Gasteiger partial charge in [-0.2, -0.15) is 0 Å². The van der Waals surface area contributed by atoms with Gasteiger partial charge in [-0.3, -0.25) is 4.79 Å². The van der Waals surface area contributed by atoms with E-state index in [1.807, 2.05) is 13.8 Å². The molecule has 18 heavy (non-hydrogen) atoms. The Morgan fingerprint density at radius 2 is 2.22 bits per heavy atom. The van der Waals surface area contributed by atoms with Gasteiger partial charge in [0.15, 0.2) is 0 Å². The summed E-state index contributed by atoms with van der Waals surface area (Å²) in [6.45, 7) is 7.58. The van der Waals surface area contributed by atoms with Crippen molar-refractivity contribution in [2.24, 2.45) is 5.92 Å². The predicted molar refractivity (Wildman–Crippen MR) is 72.7 cm³/mol. The molecule has 1 unspecified atom stereocenters. The van der Waals surface area contributed by atoms with E-state index in [2.05, 4.69) is 36.1 Å². The zero-order valence-electron chi connectivity index (χ0n) is 11.3. The van der Waals surface area contributed by atoms with Crippen LogP contribution in [0.3, 0.4) is 0 Å². The van der Waals surface area contributed by atoms with Crippen LogP contribution < -0.4 is 4.90 Å². The van der Waals surface area contributed by atoms with Gasteiger partial charge in [-0.1, -0.05) is 12.1 Å². The van der Waals surface area contributed by atoms with Crippen molar-refractivity contribution in [1.82, 2.24) is 0 Å². The molecule has 0 N–H and O–H groups in total. The van der Waals surface area contributed by atoms with E-state index < -0.39 is 0 Å². The highest BCUT2D eigenvalue weighted by molar-refractivity contribution is 5.74. The fraction of sp³-hybridized carbons (Fsp3) is 0.533. The van der Waals surface area contributed by atoms with E-state index in [0.29, 0.717) is 0 Å². The Kier molecular flexibility index (Phi) is 3.90. The number of carbonyl (C=O) groups is 1. The average Bonchev–Trinajstić information content (AvgIpc) is 2.77. The predicted octanol–water partition coefficient (Wildman–Crippen LogP) is 2.77. The minimum Gasteiger partial charge on any atom is -0.463 e. The Hall–Kier alpha value is -1.51. The number of aryl methyl sites for hydroxylation is 1. The lowest BCUT2D eigenvalue weighted by molar-refractivity contribution is -0.151. The van der Waals surface area contributed by atoms with Gasteiger partial charge in [0, 0.05) is 18.8 Å². The fourth-order valence-electron chi connectivity index (χ4n) is 2.34. The van der Waals surface area contributed by atoms with Crippen molar-refractivity contribution >= 4 is 11.7 Å². The lowest BCUT2D eigenvalue weighted by atomic mass is 10.1. The van der Waals surface area contributed by atoms with Crippen LogP contribution in [-0.4, -0.2) is 25.2 Å². The molecule has 0 radical (unpaired) electrons. The molecule has 0 aromatic heterocycles. The summed E-state index contributed by atoms with van der Waals surface area (Å²) in [6.07, 6.45) is 0.866. The Morgan fingerprint density at radius 1 is 1.44 bits per heavy atom. The highest BCUT2D eigenvalue weighted by Crippen LogP contribution is 2.25.